The van der Waals surface area contributed by atoms with E-state index in [0.717, 1.165) is 18.7 Å². The predicted octanol–water partition coefficient (Wildman–Crippen LogP) is 3.61. The molecule has 0 aliphatic heterocycles. The second kappa shape index (κ2) is 7.34. The standard InChI is InChI=1S/C18H23FN2/c1-3-21(12-16-7-5-4-6-14(16)2)13-17-10-15(11-20)8-9-18(17)19/h4-10H,3,11-13,20H2,1-2H3. The normalized spacial score (nSPS) is 11.1. The molecule has 0 saturated carbocycles. The van der Waals surface area contributed by atoms with Crippen molar-refractivity contribution >= 4 is 0 Å². The molecule has 2 aromatic carbocycles. The maximum atomic E-state index is 14.0. The molecule has 0 atom stereocenters. The van der Waals surface area contributed by atoms with Crippen LogP contribution in [0.15, 0.2) is 42.5 Å². The number of hydrogen-bond acceptors (Lipinski definition) is 2. The fourth-order valence-electron chi connectivity index (χ4n) is 2.43. The van der Waals surface area contributed by atoms with Gasteiger partial charge in [0.25, 0.3) is 0 Å². The fourth-order valence-corrected chi connectivity index (χ4v) is 2.43. The lowest BCUT2D eigenvalue weighted by molar-refractivity contribution is 0.267. The summed E-state index contributed by atoms with van der Waals surface area (Å²) in [5.41, 5.74) is 9.88. The van der Waals surface area contributed by atoms with Crippen LogP contribution in [-0.4, -0.2) is 11.4 Å². The van der Waals surface area contributed by atoms with Gasteiger partial charge in [-0.2, -0.15) is 0 Å². The van der Waals surface area contributed by atoms with E-state index >= 15 is 0 Å². The first-order valence-corrected chi connectivity index (χ1v) is 7.38. The summed E-state index contributed by atoms with van der Waals surface area (Å²) in [6.45, 7) is 6.96. The van der Waals surface area contributed by atoms with Crippen LogP contribution in [0.1, 0.15) is 29.2 Å². The van der Waals surface area contributed by atoms with Crippen molar-refractivity contribution in [1.82, 2.24) is 4.90 Å². The Bertz CT molecular complexity index is 596. The van der Waals surface area contributed by atoms with Crippen LogP contribution in [0, 0.1) is 12.7 Å². The molecule has 21 heavy (non-hydrogen) atoms. The van der Waals surface area contributed by atoms with Gasteiger partial charge in [0.2, 0.25) is 0 Å². The van der Waals surface area contributed by atoms with Gasteiger partial charge in [-0.3, -0.25) is 4.90 Å². The number of benzene rings is 2. The summed E-state index contributed by atoms with van der Waals surface area (Å²) in [4.78, 5) is 2.24. The van der Waals surface area contributed by atoms with Gasteiger partial charge in [-0.05, 0) is 36.2 Å². The molecule has 0 amide bonds. The molecule has 3 heteroatoms. The number of aryl methyl sites for hydroxylation is 1. The van der Waals surface area contributed by atoms with Crippen molar-refractivity contribution in [3.05, 3.63) is 70.5 Å². The van der Waals surface area contributed by atoms with Gasteiger partial charge < -0.3 is 5.73 Å². The van der Waals surface area contributed by atoms with Gasteiger partial charge in [0.1, 0.15) is 5.82 Å². The van der Waals surface area contributed by atoms with Crippen molar-refractivity contribution in [3.8, 4) is 0 Å². The number of halogens is 1. The third-order valence-electron chi connectivity index (χ3n) is 3.84. The van der Waals surface area contributed by atoms with Crippen LogP contribution >= 0.6 is 0 Å². The van der Waals surface area contributed by atoms with E-state index < -0.39 is 0 Å². The summed E-state index contributed by atoms with van der Waals surface area (Å²) in [6.07, 6.45) is 0. The smallest absolute Gasteiger partial charge is 0.127 e. The van der Waals surface area contributed by atoms with Crippen molar-refractivity contribution in [2.45, 2.75) is 33.5 Å². The molecule has 0 aromatic heterocycles. The average Bonchev–Trinajstić information content (AvgIpc) is 2.50. The van der Waals surface area contributed by atoms with Crippen LogP contribution in [0.25, 0.3) is 0 Å². The molecule has 0 radical (unpaired) electrons. The maximum Gasteiger partial charge on any atom is 0.127 e. The highest BCUT2D eigenvalue weighted by Crippen LogP contribution is 2.16. The lowest BCUT2D eigenvalue weighted by atomic mass is 10.1. The first-order valence-electron chi connectivity index (χ1n) is 7.38. The van der Waals surface area contributed by atoms with Gasteiger partial charge in [0.15, 0.2) is 0 Å². The molecular weight excluding hydrogens is 263 g/mol. The third-order valence-corrected chi connectivity index (χ3v) is 3.84. The number of rotatable bonds is 6. The Kier molecular flexibility index (Phi) is 5.48. The van der Waals surface area contributed by atoms with Gasteiger partial charge in [-0.15, -0.1) is 0 Å². The van der Waals surface area contributed by atoms with Gasteiger partial charge in [-0.1, -0.05) is 43.3 Å². The Balaban J connectivity index is 2.14. The molecule has 0 saturated heterocycles. The van der Waals surface area contributed by atoms with Crippen molar-refractivity contribution in [3.63, 3.8) is 0 Å². The van der Waals surface area contributed by atoms with Crippen molar-refractivity contribution < 1.29 is 4.39 Å². The molecule has 0 spiro atoms. The van der Waals surface area contributed by atoms with Crippen LogP contribution < -0.4 is 5.73 Å². The van der Waals surface area contributed by atoms with Crippen LogP contribution in [0.4, 0.5) is 4.39 Å². The maximum absolute atomic E-state index is 14.0. The molecule has 2 aromatic rings. The molecule has 2 nitrogen and oxygen atoms in total. The highest BCUT2D eigenvalue weighted by atomic mass is 19.1. The quantitative estimate of drug-likeness (QED) is 0.879. The third kappa shape index (κ3) is 4.13. The summed E-state index contributed by atoms with van der Waals surface area (Å²) >= 11 is 0. The largest absolute Gasteiger partial charge is 0.326 e. The molecule has 0 bridgehead atoms. The topological polar surface area (TPSA) is 29.3 Å². The fraction of sp³-hybridized carbons (Fsp3) is 0.333. The number of nitrogens with two attached hydrogens (primary N) is 1. The molecule has 0 aliphatic carbocycles. The Hall–Kier alpha value is -1.71. The van der Waals surface area contributed by atoms with Crippen LogP contribution in [0.3, 0.4) is 0 Å². The Morgan fingerprint density at radius 3 is 2.43 bits per heavy atom. The molecular formula is C18H23FN2. The van der Waals surface area contributed by atoms with Gasteiger partial charge >= 0.3 is 0 Å². The van der Waals surface area contributed by atoms with E-state index in [9.17, 15) is 4.39 Å². The Morgan fingerprint density at radius 2 is 1.76 bits per heavy atom. The molecule has 2 rings (SSSR count). The highest BCUT2D eigenvalue weighted by molar-refractivity contribution is 5.27. The summed E-state index contributed by atoms with van der Waals surface area (Å²) in [6, 6.07) is 13.5. The number of hydrogen-bond donors (Lipinski definition) is 1. The first kappa shape index (κ1) is 15.7. The second-order valence-corrected chi connectivity index (χ2v) is 5.36. The molecule has 2 N–H and O–H groups in total. The lowest BCUT2D eigenvalue weighted by Crippen LogP contribution is -2.23. The molecule has 112 valence electrons. The average molecular weight is 286 g/mol. The Morgan fingerprint density at radius 1 is 1.05 bits per heavy atom. The second-order valence-electron chi connectivity index (χ2n) is 5.36. The highest BCUT2D eigenvalue weighted by Gasteiger charge is 2.10. The SMILES string of the molecule is CCN(Cc1ccccc1C)Cc1cc(CN)ccc1F. The molecule has 0 aliphatic rings. The molecule has 0 fully saturated rings. The summed E-state index contributed by atoms with van der Waals surface area (Å²) in [5.74, 6) is -0.157. The summed E-state index contributed by atoms with van der Waals surface area (Å²) in [5, 5.41) is 0. The van der Waals surface area contributed by atoms with E-state index in [4.69, 9.17) is 5.73 Å². The zero-order chi connectivity index (χ0) is 15.2. The van der Waals surface area contributed by atoms with E-state index in [-0.39, 0.29) is 5.82 Å². The molecule has 0 unspecified atom stereocenters. The van der Waals surface area contributed by atoms with Crippen LogP contribution in [0.2, 0.25) is 0 Å². The van der Waals surface area contributed by atoms with E-state index in [1.165, 1.54) is 17.2 Å². The Labute approximate surface area is 126 Å². The van der Waals surface area contributed by atoms with Gasteiger partial charge in [0.05, 0.1) is 0 Å². The first-order chi connectivity index (χ1) is 10.1. The minimum atomic E-state index is -0.157. The lowest BCUT2D eigenvalue weighted by Gasteiger charge is -2.22. The van der Waals surface area contributed by atoms with Crippen molar-refractivity contribution in [2.75, 3.05) is 6.54 Å². The summed E-state index contributed by atoms with van der Waals surface area (Å²) < 4.78 is 14.0. The van der Waals surface area contributed by atoms with E-state index in [1.807, 2.05) is 18.2 Å². The minimum Gasteiger partial charge on any atom is -0.326 e. The summed E-state index contributed by atoms with van der Waals surface area (Å²) in [7, 11) is 0. The molecule has 0 heterocycles. The zero-order valence-corrected chi connectivity index (χ0v) is 12.8. The van der Waals surface area contributed by atoms with E-state index in [0.29, 0.717) is 18.7 Å². The zero-order valence-electron chi connectivity index (χ0n) is 12.8. The van der Waals surface area contributed by atoms with Crippen molar-refractivity contribution in [1.29, 1.82) is 0 Å². The predicted molar refractivity (Wildman–Crippen MR) is 85.3 cm³/mol. The van der Waals surface area contributed by atoms with Gasteiger partial charge in [0, 0.05) is 25.2 Å². The minimum absolute atomic E-state index is 0.157. The van der Waals surface area contributed by atoms with Crippen LogP contribution in [-0.2, 0) is 19.6 Å². The van der Waals surface area contributed by atoms with Crippen molar-refractivity contribution in [2.24, 2.45) is 5.73 Å². The van der Waals surface area contributed by atoms with E-state index in [1.54, 1.807) is 6.07 Å². The number of nitrogens with zero attached hydrogens (tertiary/aromatic N) is 1. The van der Waals surface area contributed by atoms with E-state index in [2.05, 4.69) is 30.9 Å². The van der Waals surface area contributed by atoms with Crippen LogP contribution in [0.5, 0.6) is 0 Å². The van der Waals surface area contributed by atoms with Gasteiger partial charge in [-0.25, -0.2) is 4.39 Å². The monoisotopic (exact) mass is 286 g/mol.